The smallest absolute Gasteiger partial charge is 0.335 e. The van der Waals surface area contributed by atoms with E-state index in [-0.39, 0.29) is 48.3 Å². The molecule has 2 aromatic carbocycles. The molecule has 4 atom stereocenters. The summed E-state index contributed by atoms with van der Waals surface area (Å²) in [6, 6.07) is 11.4. The lowest BCUT2D eigenvalue weighted by molar-refractivity contribution is -0.0177. The van der Waals surface area contributed by atoms with Gasteiger partial charge in [-0.3, -0.25) is 9.69 Å². The van der Waals surface area contributed by atoms with Crippen LogP contribution in [0, 0.1) is 5.92 Å². The summed E-state index contributed by atoms with van der Waals surface area (Å²) in [6.45, 7) is 7.75. The van der Waals surface area contributed by atoms with Crippen molar-refractivity contribution in [2.24, 2.45) is 5.92 Å². The van der Waals surface area contributed by atoms with Gasteiger partial charge in [-0.15, -0.1) is 0 Å². The third kappa shape index (κ3) is 10.9. The fourth-order valence-corrected chi connectivity index (χ4v) is 6.50. The van der Waals surface area contributed by atoms with E-state index in [0.717, 1.165) is 50.5 Å². The van der Waals surface area contributed by atoms with Crippen LogP contribution in [0.3, 0.4) is 0 Å². The van der Waals surface area contributed by atoms with Crippen LogP contribution in [0.5, 0.6) is 5.75 Å². The summed E-state index contributed by atoms with van der Waals surface area (Å²) in [6.07, 6.45) is 7.52. The van der Waals surface area contributed by atoms with Crippen LogP contribution in [0.15, 0.2) is 42.5 Å². The van der Waals surface area contributed by atoms with Crippen LogP contribution in [-0.2, 0) is 11.3 Å². The van der Waals surface area contributed by atoms with E-state index in [2.05, 4.69) is 22.5 Å². The zero-order chi connectivity index (χ0) is 34.6. The van der Waals surface area contributed by atoms with E-state index in [1.165, 1.54) is 6.42 Å². The molecule has 3 amide bonds. The Morgan fingerprint density at radius 2 is 1.73 bits per heavy atom. The Bertz CT molecular complexity index is 1350. The van der Waals surface area contributed by atoms with Gasteiger partial charge >= 0.3 is 12.0 Å². The van der Waals surface area contributed by atoms with E-state index in [0.29, 0.717) is 43.2 Å². The van der Waals surface area contributed by atoms with Gasteiger partial charge in [-0.05, 0) is 88.9 Å². The largest absolute Gasteiger partial charge is 0.490 e. The summed E-state index contributed by atoms with van der Waals surface area (Å²) < 4.78 is 12.8. The molecule has 48 heavy (non-hydrogen) atoms. The highest BCUT2D eigenvalue weighted by Crippen LogP contribution is 2.29. The van der Waals surface area contributed by atoms with Crippen LogP contribution in [0.2, 0.25) is 0 Å². The molecule has 2 aliphatic rings. The minimum Gasteiger partial charge on any atom is -0.490 e. The molecule has 0 unspecified atom stereocenters. The predicted octanol–water partition coefficient (Wildman–Crippen LogP) is 5.77. The number of rotatable bonds is 9. The number of likely N-dealkylation sites (N-methyl/N-ethyl adjacent to an activating group) is 1. The number of benzene rings is 2. The number of carbonyl (C=O) groups excluding carboxylic acids is 2. The molecule has 11 nitrogen and oxygen atoms in total. The number of hydrogen-bond donors (Lipinski definition) is 4. The number of carboxylic acid groups (broad SMARTS) is 1. The Kier molecular flexibility index (Phi) is 14.1. The minimum atomic E-state index is -0.954. The van der Waals surface area contributed by atoms with E-state index in [1.54, 1.807) is 35.2 Å². The van der Waals surface area contributed by atoms with E-state index in [1.807, 2.05) is 33.0 Å². The maximum absolute atomic E-state index is 14.4. The number of nitrogens with zero attached hydrogens (tertiary/aromatic N) is 2. The molecule has 0 saturated heterocycles. The number of hydrogen-bond acceptors (Lipinski definition) is 7. The maximum Gasteiger partial charge on any atom is 0.335 e. The van der Waals surface area contributed by atoms with Gasteiger partial charge < -0.3 is 35.2 Å². The molecule has 1 saturated carbocycles. The second-order valence-electron chi connectivity index (χ2n) is 13.6. The van der Waals surface area contributed by atoms with Crippen LogP contribution >= 0.6 is 0 Å². The molecule has 1 fully saturated rings. The minimum absolute atomic E-state index is 0.0893. The first-order valence-electron chi connectivity index (χ1n) is 17.5. The van der Waals surface area contributed by atoms with Crippen molar-refractivity contribution in [1.82, 2.24) is 15.1 Å². The molecular formula is C37H54N4O7. The van der Waals surface area contributed by atoms with E-state index < -0.39 is 12.0 Å². The van der Waals surface area contributed by atoms with Crippen molar-refractivity contribution in [2.75, 3.05) is 38.7 Å². The SMILES string of the molecule is C[C@H](CO)N1C[C@H](C)[C@H](CN(C)Cc2ccc(C(=O)O)cc2)OCCCC[C@H](C)Oc2ccc(NC(=O)NC3CCCCC3)cc2C1=O. The molecule has 264 valence electrons. The van der Waals surface area contributed by atoms with Crippen LogP contribution in [0.25, 0.3) is 0 Å². The number of ether oxygens (including phenoxy) is 2. The first kappa shape index (κ1) is 37.2. The molecule has 0 aromatic heterocycles. The lowest BCUT2D eigenvalue weighted by Gasteiger charge is -2.36. The highest BCUT2D eigenvalue weighted by molar-refractivity contribution is 5.99. The number of aliphatic hydroxyl groups is 1. The molecule has 4 N–H and O–H groups in total. The number of anilines is 1. The lowest BCUT2D eigenvalue weighted by Crippen LogP contribution is -2.47. The van der Waals surface area contributed by atoms with Crippen LogP contribution in [0.1, 0.15) is 98.4 Å². The van der Waals surface area contributed by atoms with Gasteiger partial charge in [0.25, 0.3) is 5.91 Å². The Hall–Kier alpha value is -3.67. The molecule has 11 heteroatoms. The van der Waals surface area contributed by atoms with Gasteiger partial charge in [0, 0.05) is 43.9 Å². The first-order valence-corrected chi connectivity index (χ1v) is 17.5. The van der Waals surface area contributed by atoms with Crippen molar-refractivity contribution in [3.8, 4) is 5.75 Å². The normalized spacial score (nSPS) is 22.2. The van der Waals surface area contributed by atoms with Gasteiger partial charge in [-0.2, -0.15) is 0 Å². The highest BCUT2D eigenvalue weighted by Gasteiger charge is 2.30. The van der Waals surface area contributed by atoms with Gasteiger partial charge in [0.05, 0.1) is 36.0 Å². The van der Waals surface area contributed by atoms with E-state index in [9.17, 15) is 24.6 Å². The summed E-state index contributed by atoms with van der Waals surface area (Å²) in [5, 5.41) is 25.5. The topological polar surface area (TPSA) is 141 Å². The van der Waals surface area contributed by atoms with E-state index in [4.69, 9.17) is 9.47 Å². The lowest BCUT2D eigenvalue weighted by atomic mass is 9.96. The maximum atomic E-state index is 14.4. The molecule has 1 aliphatic heterocycles. The standard InChI is InChI=1S/C37H54N4O7/c1-25-21-41(26(2)24-42)35(43)32-20-31(39-37(46)38-30-11-6-5-7-12-30)17-18-33(32)48-27(3)10-8-9-19-47-34(25)23-40(4)22-28-13-15-29(16-14-28)36(44)45/h13-18,20,25-27,30,34,42H,5-12,19,21-24H2,1-4H3,(H,44,45)(H2,38,39,46)/t25-,26+,27-,34-/m0/s1. The summed E-state index contributed by atoms with van der Waals surface area (Å²) in [5.41, 5.74) is 2.07. The third-order valence-corrected chi connectivity index (χ3v) is 9.39. The van der Waals surface area contributed by atoms with Gasteiger partial charge in [0.15, 0.2) is 0 Å². The van der Waals surface area contributed by atoms with Crippen molar-refractivity contribution in [1.29, 1.82) is 0 Å². The fraction of sp³-hybridized carbons (Fsp3) is 0.595. The molecule has 0 bridgehead atoms. The number of fused-ring (bicyclic) bond motifs is 1. The van der Waals surface area contributed by atoms with Gasteiger partial charge in [-0.1, -0.05) is 38.3 Å². The number of nitrogens with one attached hydrogen (secondary N) is 2. The summed E-state index contributed by atoms with van der Waals surface area (Å²) in [4.78, 5) is 42.3. The number of carbonyl (C=O) groups is 3. The molecule has 1 aliphatic carbocycles. The summed E-state index contributed by atoms with van der Waals surface area (Å²) in [5.74, 6) is -0.880. The second kappa shape index (κ2) is 18.2. The number of aliphatic hydroxyl groups excluding tert-OH is 1. The molecule has 0 spiro atoms. The fourth-order valence-electron chi connectivity index (χ4n) is 6.50. The van der Waals surface area contributed by atoms with E-state index >= 15 is 0 Å². The second-order valence-corrected chi connectivity index (χ2v) is 13.6. The predicted molar refractivity (Wildman–Crippen MR) is 186 cm³/mol. The Balaban J connectivity index is 1.55. The summed E-state index contributed by atoms with van der Waals surface area (Å²) >= 11 is 0. The Morgan fingerprint density at radius 3 is 2.42 bits per heavy atom. The van der Waals surface area contributed by atoms with Crippen molar-refractivity contribution < 1.29 is 34.1 Å². The summed E-state index contributed by atoms with van der Waals surface area (Å²) in [7, 11) is 2.00. The third-order valence-electron chi connectivity index (χ3n) is 9.39. The molecule has 0 radical (unpaired) electrons. The van der Waals surface area contributed by atoms with Crippen molar-refractivity contribution in [3.05, 3.63) is 59.2 Å². The number of carboxylic acids is 1. The monoisotopic (exact) mass is 666 g/mol. The molecule has 1 heterocycles. The van der Waals surface area contributed by atoms with Crippen molar-refractivity contribution >= 4 is 23.6 Å². The van der Waals surface area contributed by atoms with Crippen molar-refractivity contribution in [2.45, 2.75) is 103 Å². The van der Waals surface area contributed by atoms with Crippen LogP contribution in [0.4, 0.5) is 10.5 Å². The average molecular weight is 667 g/mol. The van der Waals surface area contributed by atoms with Crippen LogP contribution in [-0.4, -0.2) is 95.6 Å². The number of aromatic carboxylic acids is 1. The van der Waals surface area contributed by atoms with Crippen LogP contribution < -0.4 is 15.4 Å². The first-order chi connectivity index (χ1) is 23.0. The molecule has 4 rings (SSSR count). The zero-order valence-electron chi connectivity index (χ0n) is 29.0. The Labute approximate surface area is 285 Å². The highest BCUT2D eigenvalue weighted by atomic mass is 16.5. The van der Waals surface area contributed by atoms with Gasteiger partial charge in [0.1, 0.15) is 5.75 Å². The molecular weight excluding hydrogens is 612 g/mol. The number of urea groups is 1. The van der Waals surface area contributed by atoms with Gasteiger partial charge in [0.2, 0.25) is 0 Å². The number of amides is 3. The quantitative estimate of drug-likeness (QED) is 0.265. The average Bonchev–Trinajstić information content (AvgIpc) is 3.06. The van der Waals surface area contributed by atoms with Gasteiger partial charge in [-0.25, -0.2) is 9.59 Å². The van der Waals surface area contributed by atoms with Crippen molar-refractivity contribution in [3.63, 3.8) is 0 Å². The molecule has 2 aromatic rings. The zero-order valence-corrected chi connectivity index (χ0v) is 29.0. The Morgan fingerprint density at radius 1 is 1.02 bits per heavy atom.